The first kappa shape index (κ1) is 22.4. The number of amides is 1. The van der Waals surface area contributed by atoms with Crippen LogP contribution < -0.4 is 4.74 Å². The largest absolute Gasteiger partial charge is 0.573 e. The van der Waals surface area contributed by atoms with Gasteiger partial charge in [-0.05, 0) is 74.2 Å². The van der Waals surface area contributed by atoms with Gasteiger partial charge in [-0.2, -0.15) is 0 Å². The predicted molar refractivity (Wildman–Crippen MR) is 112 cm³/mol. The fraction of sp³-hybridized carbons (Fsp3) is 0.304. The summed E-state index contributed by atoms with van der Waals surface area (Å²) in [4.78, 5) is 17.6. The molecule has 3 rings (SSSR count). The lowest BCUT2D eigenvalue weighted by Gasteiger charge is -2.34. The number of hydrogen-bond donors (Lipinski definition) is 1. The molecule has 0 fully saturated rings. The Labute approximate surface area is 178 Å². The van der Waals surface area contributed by atoms with Gasteiger partial charge in [0.25, 0.3) is 0 Å². The van der Waals surface area contributed by atoms with E-state index < -0.39 is 18.0 Å². The highest BCUT2D eigenvalue weighted by molar-refractivity contribution is 5.97. The summed E-state index contributed by atoms with van der Waals surface area (Å²) in [5.74, 6) is -0.309. The summed E-state index contributed by atoms with van der Waals surface area (Å²) >= 11 is 0. The topological polar surface area (TPSA) is 62.7 Å². The van der Waals surface area contributed by atoms with Gasteiger partial charge in [-0.25, -0.2) is 4.79 Å². The molecule has 0 saturated carbocycles. The third-order valence-electron chi connectivity index (χ3n) is 5.02. The second-order valence-electron chi connectivity index (χ2n) is 8.22. The maximum absolute atomic E-state index is 12.5. The molecule has 0 aliphatic carbocycles. The molecule has 5 nitrogen and oxygen atoms in total. The summed E-state index contributed by atoms with van der Waals surface area (Å²) in [5.41, 5.74) is 3.15. The van der Waals surface area contributed by atoms with Crippen molar-refractivity contribution >= 4 is 17.0 Å². The van der Waals surface area contributed by atoms with E-state index in [-0.39, 0.29) is 12.3 Å². The van der Waals surface area contributed by atoms with Gasteiger partial charge < -0.3 is 9.84 Å². The van der Waals surface area contributed by atoms with Crippen molar-refractivity contribution < 1.29 is 27.8 Å². The highest BCUT2D eigenvalue weighted by Gasteiger charge is 2.31. The van der Waals surface area contributed by atoms with E-state index in [1.165, 1.54) is 17.0 Å². The number of halogens is 3. The third kappa shape index (κ3) is 5.07. The first-order chi connectivity index (χ1) is 14.4. The Morgan fingerprint density at radius 2 is 1.77 bits per heavy atom. The quantitative estimate of drug-likeness (QED) is 0.519. The van der Waals surface area contributed by atoms with Crippen LogP contribution in [0.2, 0.25) is 0 Å². The number of ether oxygens (including phenoxy) is 1. The third-order valence-corrected chi connectivity index (χ3v) is 5.02. The minimum Gasteiger partial charge on any atom is -0.465 e. The molecule has 1 heterocycles. The lowest BCUT2D eigenvalue weighted by Crippen LogP contribution is -2.44. The Balaban J connectivity index is 2.12. The van der Waals surface area contributed by atoms with Crippen molar-refractivity contribution in [2.75, 3.05) is 0 Å². The summed E-state index contributed by atoms with van der Waals surface area (Å²) in [7, 11) is 0. The molecule has 1 N–H and O–H groups in total. The van der Waals surface area contributed by atoms with Crippen LogP contribution in [0.15, 0.2) is 48.7 Å². The van der Waals surface area contributed by atoms with Gasteiger partial charge in [0.05, 0.1) is 5.52 Å². The minimum absolute atomic E-state index is 0.152. The Morgan fingerprint density at radius 1 is 1.13 bits per heavy atom. The van der Waals surface area contributed by atoms with E-state index in [0.717, 1.165) is 22.1 Å². The van der Waals surface area contributed by atoms with Crippen LogP contribution in [0.3, 0.4) is 0 Å². The zero-order valence-corrected chi connectivity index (χ0v) is 17.6. The average molecular weight is 432 g/mol. The Kier molecular flexibility index (Phi) is 5.85. The standard InChI is InChI=1S/C23H23F3N2O3/c1-14-16(13-28(21(29)30)22(2,3)4)12-19(18-6-5-11-27-20(14)18)15-7-9-17(10-8-15)31-23(24,25)26/h5-12H,13H2,1-4H3,(H,29,30). The minimum atomic E-state index is -4.76. The maximum atomic E-state index is 12.5. The van der Waals surface area contributed by atoms with Crippen molar-refractivity contribution in [2.24, 2.45) is 0 Å². The van der Waals surface area contributed by atoms with Crippen molar-refractivity contribution in [3.8, 4) is 16.9 Å². The molecule has 164 valence electrons. The van der Waals surface area contributed by atoms with E-state index >= 15 is 0 Å². The Morgan fingerprint density at radius 3 is 2.32 bits per heavy atom. The van der Waals surface area contributed by atoms with Gasteiger partial charge in [-0.1, -0.05) is 18.2 Å². The van der Waals surface area contributed by atoms with E-state index in [2.05, 4.69) is 9.72 Å². The maximum Gasteiger partial charge on any atom is 0.573 e. The van der Waals surface area contributed by atoms with Crippen molar-refractivity contribution in [1.82, 2.24) is 9.88 Å². The van der Waals surface area contributed by atoms with Gasteiger partial charge in [-0.3, -0.25) is 9.88 Å². The van der Waals surface area contributed by atoms with Crippen LogP contribution in [0, 0.1) is 6.92 Å². The van der Waals surface area contributed by atoms with Crippen LogP contribution in [-0.4, -0.2) is 33.0 Å². The second kappa shape index (κ2) is 8.09. The molecule has 0 aliphatic rings. The van der Waals surface area contributed by atoms with Crippen LogP contribution >= 0.6 is 0 Å². The normalized spacial score (nSPS) is 12.1. The summed E-state index contributed by atoms with van der Waals surface area (Å²) in [6.07, 6.45) is -4.15. The SMILES string of the molecule is Cc1c(CN(C(=O)O)C(C)(C)C)cc(-c2ccc(OC(F)(F)F)cc2)c2cccnc12. The fourth-order valence-electron chi connectivity index (χ4n) is 3.44. The fourth-order valence-corrected chi connectivity index (χ4v) is 3.44. The number of carboxylic acid groups (broad SMARTS) is 1. The molecular weight excluding hydrogens is 409 g/mol. The van der Waals surface area contributed by atoms with Crippen LogP contribution in [0.25, 0.3) is 22.0 Å². The molecule has 0 aliphatic heterocycles. The van der Waals surface area contributed by atoms with Gasteiger partial charge in [0.1, 0.15) is 5.75 Å². The smallest absolute Gasteiger partial charge is 0.465 e. The predicted octanol–water partition coefficient (Wildman–Crippen LogP) is 6.39. The number of aromatic nitrogens is 1. The molecule has 8 heteroatoms. The number of alkyl halides is 3. The molecule has 1 amide bonds. The number of pyridine rings is 1. The average Bonchev–Trinajstić information content (AvgIpc) is 2.66. The van der Waals surface area contributed by atoms with Crippen molar-refractivity contribution in [1.29, 1.82) is 0 Å². The molecule has 0 spiro atoms. The number of hydrogen-bond acceptors (Lipinski definition) is 3. The van der Waals surface area contributed by atoms with Gasteiger partial charge >= 0.3 is 12.5 Å². The number of carbonyl (C=O) groups is 1. The number of nitrogens with zero attached hydrogens (tertiary/aromatic N) is 2. The molecule has 0 saturated heterocycles. The summed E-state index contributed by atoms with van der Waals surface area (Å²) in [5, 5.41) is 10.5. The first-order valence-corrected chi connectivity index (χ1v) is 9.61. The summed E-state index contributed by atoms with van der Waals surface area (Å²) < 4.78 is 41.4. The van der Waals surface area contributed by atoms with E-state index in [1.807, 2.05) is 39.8 Å². The number of fused-ring (bicyclic) bond motifs is 1. The van der Waals surface area contributed by atoms with Gasteiger partial charge in [0.2, 0.25) is 0 Å². The van der Waals surface area contributed by atoms with Gasteiger partial charge in [0, 0.05) is 23.7 Å². The highest BCUT2D eigenvalue weighted by atomic mass is 19.4. The van der Waals surface area contributed by atoms with Crippen molar-refractivity contribution in [2.45, 2.75) is 46.1 Å². The lowest BCUT2D eigenvalue weighted by molar-refractivity contribution is -0.274. The Bertz CT molecular complexity index is 1100. The molecule has 2 aromatic carbocycles. The number of rotatable bonds is 4. The molecule has 0 unspecified atom stereocenters. The molecule has 0 bridgehead atoms. The molecule has 3 aromatic rings. The molecule has 1 aromatic heterocycles. The summed E-state index contributed by atoms with van der Waals surface area (Å²) in [6.45, 7) is 7.49. The van der Waals surface area contributed by atoms with Crippen molar-refractivity contribution in [3.05, 3.63) is 59.8 Å². The van der Waals surface area contributed by atoms with Crippen LogP contribution in [0.4, 0.5) is 18.0 Å². The first-order valence-electron chi connectivity index (χ1n) is 9.61. The van der Waals surface area contributed by atoms with E-state index in [4.69, 9.17) is 0 Å². The lowest BCUT2D eigenvalue weighted by atomic mass is 9.93. The van der Waals surface area contributed by atoms with E-state index in [0.29, 0.717) is 11.1 Å². The molecular formula is C23H23F3N2O3. The molecule has 31 heavy (non-hydrogen) atoms. The zero-order valence-electron chi connectivity index (χ0n) is 17.6. The van der Waals surface area contributed by atoms with Crippen LogP contribution in [0.5, 0.6) is 5.75 Å². The van der Waals surface area contributed by atoms with Crippen LogP contribution in [-0.2, 0) is 6.54 Å². The van der Waals surface area contributed by atoms with E-state index in [1.54, 1.807) is 24.4 Å². The van der Waals surface area contributed by atoms with Crippen molar-refractivity contribution in [3.63, 3.8) is 0 Å². The van der Waals surface area contributed by atoms with Gasteiger partial charge in [-0.15, -0.1) is 13.2 Å². The number of benzene rings is 2. The Hall–Kier alpha value is -3.29. The van der Waals surface area contributed by atoms with Gasteiger partial charge in [0.15, 0.2) is 0 Å². The summed E-state index contributed by atoms with van der Waals surface area (Å²) in [6, 6.07) is 11.1. The second-order valence-corrected chi connectivity index (χ2v) is 8.22. The molecule has 0 atom stereocenters. The highest BCUT2D eigenvalue weighted by Crippen LogP contribution is 2.34. The monoisotopic (exact) mass is 432 g/mol. The van der Waals surface area contributed by atoms with E-state index in [9.17, 15) is 23.1 Å². The molecule has 0 radical (unpaired) electrons. The number of aryl methyl sites for hydroxylation is 1. The van der Waals surface area contributed by atoms with Crippen LogP contribution in [0.1, 0.15) is 31.9 Å². The zero-order chi connectivity index (χ0) is 23.0.